The van der Waals surface area contributed by atoms with Crippen molar-refractivity contribution in [2.45, 2.75) is 82.0 Å². The lowest BCUT2D eigenvalue weighted by atomic mass is 9.68. The fourth-order valence-electron chi connectivity index (χ4n) is 5.54. The van der Waals surface area contributed by atoms with Gasteiger partial charge in [0.05, 0.1) is 5.60 Å². The minimum atomic E-state index is -4.41. The van der Waals surface area contributed by atoms with E-state index < -0.39 is 11.9 Å². The molecule has 1 saturated heterocycles. The van der Waals surface area contributed by atoms with Crippen LogP contribution in [-0.4, -0.2) is 28.7 Å². The first-order valence-electron chi connectivity index (χ1n) is 11.7. The number of pyridine rings is 2. The van der Waals surface area contributed by atoms with Crippen molar-refractivity contribution in [3.05, 3.63) is 59.2 Å². The standard InChI is InChI=1S/C25H32F3N3O/c1-2-20-15-19(17-31-22(20)25(26,27)28)16-29-13-10-23(21-7-3-6-12-30-21)11-14-32-24(18-23)8-4-5-9-24/h3,6-7,12,15,17,29H,2,4-5,8-11,13-14,16,18H2,1H3. The molecule has 1 atom stereocenters. The predicted molar refractivity (Wildman–Crippen MR) is 117 cm³/mol. The second kappa shape index (κ2) is 9.48. The van der Waals surface area contributed by atoms with E-state index in [1.54, 1.807) is 13.0 Å². The summed E-state index contributed by atoms with van der Waals surface area (Å²) >= 11 is 0. The van der Waals surface area contributed by atoms with Gasteiger partial charge in [-0.25, -0.2) is 0 Å². The van der Waals surface area contributed by atoms with E-state index in [2.05, 4.69) is 22.4 Å². The van der Waals surface area contributed by atoms with Crippen LogP contribution in [0.1, 0.15) is 74.4 Å². The summed E-state index contributed by atoms with van der Waals surface area (Å²) in [6.07, 6.45) is 6.62. The van der Waals surface area contributed by atoms with Gasteiger partial charge in [0.2, 0.25) is 0 Å². The summed E-state index contributed by atoms with van der Waals surface area (Å²) in [5, 5.41) is 3.44. The van der Waals surface area contributed by atoms with Crippen LogP contribution in [-0.2, 0) is 29.3 Å². The molecule has 0 amide bonds. The van der Waals surface area contributed by atoms with E-state index in [-0.39, 0.29) is 16.6 Å². The Balaban J connectivity index is 1.43. The van der Waals surface area contributed by atoms with E-state index in [1.165, 1.54) is 19.0 Å². The Hall–Kier alpha value is -1.99. The third kappa shape index (κ3) is 4.99. The average molecular weight is 448 g/mol. The second-order valence-corrected chi connectivity index (χ2v) is 9.29. The molecule has 2 aliphatic rings. The smallest absolute Gasteiger partial charge is 0.375 e. The first-order chi connectivity index (χ1) is 15.4. The highest BCUT2D eigenvalue weighted by molar-refractivity contribution is 5.27. The van der Waals surface area contributed by atoms with Gasteiger partial charge in [0.1, 0.15) is 5.69 Å². The highest BCUT2D eigenvalue weighted by atomic mass is 19.4. The number of alkyl halides is 3. The summed E-state index contributed by atoms with van der Waals surface area (Å²) in [5.41, 5.74) is 1.31. The molecule has 1 unspecified atom stereocenters. The first kappa shape index (κ1) is 23.2. The van der Waals surface area contributed by atoms with Gasteiger partial charge in [-0.1, -0.05) is 31.9 Å². The Labute approximate surface area is 188 Å². The normalized spacial score (nSPS) is 23.0. The summed E-state index contributed by atoms with van der Waals surface area (Å²) in [6, 6.07) is 7.75. The highest BCUT2D eigenvalue weighted by Gasteiger charge is 2.48. The van der Waals surface area contributed by atoms with Crippen molar-refractivity contribution in [2.24, 2.45) is 0 Å². The van der Waals surface area contributed by atoms with Crippen LogP contribution in [0.25, 0.3) is 0 Å². The van der Waals surface area contributed by atoms with Crippen LogP contribution in [0.4, 0.5) is 13.2 Å². The molecule has 1 aliphatic carbocycles. The summed E-state index contributed by atoms with van der Waals surface area (Å²) in [5.74, 6) is 0. The molecular formula is C25H32F3N3O. The Morgan fingerprint density at radius 2 is 1.94 bits per heavy atom. The van der Waals surface area contributed by atoms with Crippen molar-refractivity contribution in [3.8, 4) is 0 Å². The van der Waals surface area contributed by atoms with E-state index in [9.17, 15) is 13.2 Å². The van der Waals surface area contributed by atoms with Gasteiger partial charge in [-0.3, -0.25) is 9.97 Å². The number of aryl methyl sites for hydroxylation is 1. The van der Waals surface area contributed by atoms with E-state index in [4.69, 9.17) is 9.72 Å². The first-order valence-corrected chi connectivity index (χ1v) is 11.7. The van der Waals surface area contributed by atoms with Crippen molar-refractivity contribution in [2.75, 3.05) is 13.2 Å². The van der Waals surface area contributed by atoms with Crippen molar-refractivity contribution in [1.82, 2.24) is 15.3 Å². The summed E-state index contributed by atoms with van der Waals surface area (Å²) < 4.78 is 45.6. The third-order valence-corrected chi connectivity index (χ3v) is 7.15. The lowest BCUT2D eigenvalue weighted by molar-refractivity contribution is -0.141. The molecule has 1 aliphatic heterocycles. The van der Waals surface area contributed by atoms with E-state index in [0.717, 1.165) is 56.5 Å². The van der Waals surface area contributed by atoms with Crippen LogP contribution >= 0.6 is 0 Å². The average Bonchev–Trinajstić information content (AvgIpc) is 3.23. The molecule has 0 aromatic carbocycles. The lowest BCUT2D eigenvalue weighted by Crippen LogP contribution is -2.47. The zero-order valence-corrected chi connectivity index (χ0v) is 18.7. The van der Waals surface area contributed by atoms with Crippen LogP contribution in [0.3, 0.4) is 0 Å². The number of nitrogens with one attached hydrogen (secondary N) is 1. The molecule has 1 saturated carbocycles. The molecule has 0 bridgehead atoms. The number of aromatic nitrogens is 2. The van der Waals surface area contributed by atoms with Crippen molar-refractivity contribution in [1.29, 1.82) is 0 Å². The maximum Gasteiger partial charge on any atom is 0.433 e. The molecule has 2 fully saturated rings. The van der Waals surface area contributed by atoms with Crippen LogP contribution in [0.5, 0.6) is 0 Å². The number of hydrogen-bond acceptors (Lipinski definition) is 4. The van der Waals surface area contributed by atoms with Gasteiger partial charge >= 0.3 is 6.18 Å². The Kier molecular flexibility index (Phi) is 6.86. The van der Waals surface area contributed by atoms with Crippen LogP contribution in [0, 0.1) is 0 Å². The molecule has 2 aromatic rings. The summed E-state index contributed by atoms with van der Waals surface area (Å²) in [4.78, 5) is 8.43. The van der Waals surface area contributed by atoms with E-state index >= 15 is 0 Å². The molecule has 3 heterocycles. The third-order valence-electron chi connectivity index (χ3n) is 7.15. The van der Waals surface area contributed by atoms with Crippen molar-refractivity contribution in [3.63, 3.8) is 0 Å². The summed E-state index contributed by atoms with van der Waals surface area (Å²) in [7, 11) is 0. The highest BCUT2D eigenvalue weighted by Crippen LogP contribution is 2.49. The van der Waals surface area contributed by atoms with Crippen LogP contribution in [0.2, 0.25) is 0 Å². The quantitative estimate of drug-likeness (QED) is 0.562. The molecule has 4 rings (SSSR count). The molecule has 0 radical (unpaired) electrons. The molecule has 4 nitrogen and oxygen atoms in total. The molecule has 2 aromatic heterocycles. The minimum Gasteiger partial charge on any atom is -0.375 e. The maximum absolute atomic E-state index is 13.1. The maximum atomic E-state index is 13.1. The van der Waals surface area contributed by atoms with Gasteiger partial charge in [0.15, 0.2) is 0 Å². The molecule has 7 heteroatoms. The largest absolute Gasteiger partial charge is 0.433 e. The fraction of sp³-hybridized carbons (Fsp3) is 0.600. The number of hydrogen-bond donors (Lipinski definition) is 1. The lowest BCUT2D eigenvalue weighted by Gasteiger charge is -2.46. The molecule has 1 spiro atoms. The molecule has 174 valence electrons. The van der Waals surface area contributed by atoms with Gasteiger partial charge in [-0.05, 0) is 68.3 Å². The number of halogens is 3. The fourth-order valence-corrected chi connectivity index (χ4v) is 5.54. The monoisotopic (exact) mass is 447 g/mol. The number of nitrogens with zero attached hydrogens (tertiary/aromatic N) is 2. The number of ether oxygens (including phenoxy) is 1. The zero-order chi connectivity index (χ0) is 22.7. The molecular weight excluding hydrogens is 415 g/mol. The number of rotatable bonds is 7. The zero-order valence-electron chi connectivity index (χ0n) is 18.7. The molecule has 1 N–H and O–H groups in total. The predicted octanol–water partition coefficient (Wildman–Crippen LogP) is 5.60. The minimum absolute atomic E-state index is 0.0247. The summed E-state index contributed by atoms with van der Waals surface area (Å²) in [6.45, 7) is 3.73. The SMILES string of the molecule is CCc1cc(CNCCC2(c3ccccn3)CCOC3(CCCC3)C2)cnc1C(F)(F)F. The van der Waals surface area contributed by atoms with Crippen molar-refractivity contribution >= 4 is 0 Å². The van der Waals surface area contributed by atoms with E-state index in [1.807, 2.05) is 12.3 Å². The van der Waals surface area contributed by atoms with E-state index in [0.29, 0.717) is 13.0 Å². The Bertz CT molecular complexity index is 897. The van der Waals surface area contributed by atoms with Gasteiger partial charge < -0.3 is 10.1 Å². The topological polar surface area (TPSA) is 47.0 Å². The van der Waals surface area contributed by atoms with Crippen LogP contribution in [0.15, 0.2) is 36.7 Å². The second-order valence-electron chi connectivity index (χ2n) is 9.29. The van der Waals surface area contributed by atoms with Gasteiger partial charge in [0, 0.05) is 36.7 Å². The molecule has 32 heavy (non-hydrogen) atoms. The van der Waals surface area contributed by atoms with Crippen molar-refractivity contribution < 1.29 is 17.9 Å². The van der Waals surface area contributed by atoms with Gasteiger partial charge in [0.25, 0.3) is 0 Å². The Morgan fingerprint density at radius 1 is 1.12 bits per heavy atom. The van der Waals surface area contributed by atoms with Gasteiger partial charge in [-0.15, -0.1) is 0 Å². The van der Waals surface area contributed by atoms with Gasteiger partial charge in [-0.2, -0.15) is 13.2 Å². The van der Waals surface area contributed by atoms with Crippen LogP contribution < -0.4 is 5.32 Å². The Morgan fingerprint density at radius 3 is 2.62 bits per heavy atom.